The van der Waals surface area contributed by atoms with Crippen LogP contribution in [-0.4, -0.2) is 32.1 Å². The number of benzene rings is 2. The van der Waals surface area contributed by atoms with E-state index in [1.807, 2.05) is 42.5 Å². The predicted octanol–water partition coefficient (Wildman–Crippen LogP) is 3.34. The van der Waals surface area contributed by atoms with Crippen molar-refractivity contribution in [3.8, 4) is 0 Å². The fraction of sp³-hybridized carbons (Fsp3) is 0.292. The second kappa shape index (κ2) is 7.78. The fourth-order valence-electron chi connectivity index (χ4n) is 4.84. The largest absolute Gasteiger partial charge is 0.468 e. The number of rotatable bonds is 4. The molecule has 1 aliphatic heterocycles. The first kappa shape index (κ1) is 19.9. The number of esters is 3. The van der Waals surface area contributed by atoms with E-state index in [9.17, 15) is 14.4 Å². The molecule has 0 saturated heterocycles. The van der Waals surface area contributed by atoms with Crippen LogP contribution in [0.3, 0.4) is 0 Å². The number of hydrogen-bond acceptors (Lipinski definition) is 6. The molecule has 30 heavy (non-hydrogen) atoms. The summed E-state index contributed by atoms with van der Waals surface area (Å²) >= 11 is 0. The van der Waals surface area contributed by atoms with E-state index in [0.717, 1.165) is 5.56 Å². The molecule has 4 rings (SSSR count). The molecule has 3 atom stereocenters. The van der Waals surface area contributed by atoms with Gasteiger partial charge in [-0.1, -0.05) is 60.7 Å². The molecule has 2 aromatic rings. The molecule has 0 bridgehead atoms. The lowest BCUT2D eigenvalue weighted by atomic mass is 9.71. The number of fused-ring (bicyclic) bond motifs is 1. The van der Waals surface area contributed by atoms with Gasteiger partial charge in [-0.2, -0.15) is 0 Å². The van der Waals surface area contributed by atoms with E-state index < -0.39 is 35.2 Å². The Kier molecular flexibility index (Phi) is 5.16. The van der Waals surface area contributed by atoms with E-state index in [4.69, 9.17) is 14.2 Å². The fourth-order valence-corrected chi connectivity index (χ4v) is 4.84. The summed E-state index contributed by atoms with van der Waals surface area (Å²) in [6, 6.07) is 18.3. The Bertz CT molecular complexity index is 979. The number of cyclic esters (lactones) is 1. The lowest BCUT2D eigenvalue weighted by molar-refractivity contribution is -0.170. The van der Waals surface area contributed by atoms with Crippen LogP contribution in [0.2, 0.25) is 0 Å². The Morgan fingerprint density at radius 2 is 1.50 bits per heavy atom. The number of carbonyl (C=O) groups excluding carboxylic acids is 3. The van der Waals surface area contributed by atoms with Gasteiger partial charge in [0, 0.05) is 11.5 Å². The maximum Gasteiger partial charge on any atom is 0.323 e. The quantitative estimate of drug-likeness (QED) is 0.440. The van der Waals surface area contributed by atoms with Crippen molar-refractivity contribution < 1.29 is 28.6 Å². The Balaban J connectivity index is 1.88. The molecule has 1 aliphatic carbocycles. The molecule has 154 valence electrons. The molecule has 6 heteroatoms. The second-order valence-corrected chi connectivity index (χ2v) is 7.55. The first-order valence-electron chi connectivity index (χ1n) is 9.73. The Morgan fingerprint density at radius 3 is 2.07 bits per heavy atom. The molecule has 1 unspecified atom stereocenters. The van der Waals surface area contributed by atoms with Crippen LogP contribution >= 0.6 is 0 Å². The van der Waals surface area contributed by atoms with Crippen molar-refractivity contribution in [3.05, 3.63) is 77.9 Å². The van der Waals surface area contributed by atoms with Gasteiger partial charge >= 0.3 is 17.9 Å². The van der Waals surface area contributed by atoms with Gasteiger partial charge in [-0.25, -0.2) is 0 Å². The summed E-state index contributed by atoms with van der Waals surface area (Å²) in [5, 5.41) is 0. The lowest BCUT2D eigenvalue weighted by Crippen LogP contribution is -2.45. The van der Waals surface area contributed by atoms with Gasteiger partial charge in [0.25, 0.3) is 0 Å². The third kappa shape index (κ3) is 3.00. The third-order valence-corrected chi connectivity index (χ3v) is 6.07. The van der Waals surface area contributed by atoms with Gasteiger partial charge in [-0.3, -0.25) is 14.4 Å². The zero-order valence-corrected chi connectivity index (χ0v) is 16.7. The Morgan fingerprint density at radius 1 is 0.933 bits per heavy atom. The highest BCUT2D eigenvalue weighted by molar-refractivity contribution is 6.03. The first-order chi connectivity index (χ1) is 14.5. The summed E-state index contributed by atoms with van der Waals surface area (Å²) < 4.78 is 15.8. The SMILES string of the molecule is COC(=O)C1(C(=O)OC)C[C@H]2C=C(c3ccccc3)OC(=O)[C@H]2C1c1ccccc1. The van der Waals surface area contributed by atoms with Crippen LogP contribution in [0.1, 0.15) is 23.5 Å². The molecule has 0 aromatic heterocycles. The summed E-state index contributed by atoms with van der Waals surface area (Å²) in [4.78, 5) is 39.2. The average molecular weight is 406 g/mol. The van der Waals surface area contributed by atoms with Gasteiger partial charge in [-0.15, -0.1) is 0 Å². The van der Waals surface area contributed by atoms with Crippen LogP contribution in [0.25, 0.3) is 5.76 Å². The first-order valence-corrected chi connectivity index (χ1v) is 9.73. The van der Waals surface area contributed by atoms with E-state index in [2.05, 4.69) is 0 Å². The second-order valence-electron chi connectivity index (χ2n) is 7.55. The van der Waals surface area contributed by atoms with Gasteiger partial charge in [0.2, 0.25) is 0 Å². The lowest BCUT2D eigenvalue weighted by Gasteiger charge is -2.32. The van der Waals surface area contributed by atoms with Gasteiger partial charge in [-0.05, 0) is 24.0 Å². The highest BCUT2D eigenvalue weighted by Crippen LogP contribution is 2.59. The van der Waals surface area contributed by atoms with Gasteiger partial charge in [0.1, 0.15) is 5.76 Å². The van der Waals surface area contributed by atoms with Crippen molar-refractivity contribution in [1.82, 2.24) is 0 Å². The number of allylic oxidation sites excluding steroid dienone is 1. The molecule has 1 heterocycles. The average Bonchev–Trinajstić information content (AvgIpc) is 3.16. The maximum atomic E-state index is 13.2. The van der Waals surface area contributed by atoms with Crippen molar-refractivity contribution in [3.63, 3.8) is 0 Å². The van der Waals surface area contributed by atoms with Crippen LogP contribution < -0.4 is 0 Å². The van der Waals surface area contributed by atoms with Crippen molar-refractivity contribution in [2.75, 3.05) is 14.2 Å². The molecule has 0 amide bonds. The zero-order chi connectivity index (χ0) is 21.3. The van der Waals surface area contributed by atoms with Gasteiger partial charge in [0.05, 0.1) is 20.1 Å². The molecule has 6 nitrogen and oxygen atoms in total. The molecule has 1 fully saturated rings. The van der Waals surface area contributed by atoms with Crippen molar-refractivity contribution in [1.29, 1.82) is 0 Å². The molecular formula is C24H22O6. The molecular weight excluding hydrogens is 384 g/mol. The Labute approximate surface area is 174 Å². The third-order valence-electron chi connectivity index (χ3n) is 6.07. The van der Waals surface area contributed by atoms with Crippen LogP contribution in [-0.2, 0) is 28.6 Å². The van der Waals surface area contributed by atoms with Crippen LogP contribution in [0.5, 0.6) is 0 Å². The number of methoxy groups -OCH3 is 2. The minimum atomic E-state index is -1.64. The number of hydrogen-bond donors (Lipinski definition) is 0. The van der Waals surface area contributed by atoms with Crippen molar-refractivity contribution >= 4 is 23.7 Å². The highest BCUT2D eigenvalue weighted by Gasteiger charge is 2.67. The summed E-state index contributed by atoms with van der Waals surface area (Å²) in [6.45, 7) is 0. The van der Waals surface area contributed by atoms with E-state index in [-0.39, 0.29) is 12.3 Å². The highest BCUT2D eigenvalue weighted by atomic mass is 16.6. The maximum absolute atomic E-state index is 13.2. The summed E-state index contributed by atoms with van der Waals surface area (Å²) in [5.74, 6) is -3.31. The summed E-state index contributed by atoms with van der Waals surface area (Å²) in [6.07, 6.45) is 1.94. The van der Waals surface area contributed by atoms with E-state index in [1.165, 1.54) is 14.2 Å². The van der Waals surface area contributed by atoms with Crippen LogP contribution in [0, 0.1) is 17.3 Å². The smallest absolute Gasteiger partial charge is 0.323 e. The number of ether oxygens (including phenoxy) is 3. The molecule has 2 aliphatic rings. The van der Waals surface area contributed by atoms with Gasteiger partial charge < -0.3 is 14.2 Å². The van der Waals surface area contributed by atoms with Crippen LogP contribution in [0.4, 0.5) is 0 Å². The van der Waals surface area contributed by atoms with E-state index in [1.54, 1.807) is 24.3 Å². The van der Waals surface area contributed by atoms with Gasteiger partial charge in [0.15, 0.2) is 5.41 Å². The zero-order valence-electron chi connectivity index (χ0n) is 16.7. The van der Waals surface area contributed by atoms with E-state index >= 15 is 0 Å². The van der Waals surface area contributed by atoms with E-state index in [0.29, 0.717) is 11.3 Å². The van der Waals surface area contributed by atoms with Crippen molar-refractivity contribution in [2.24, 2.45) is 17.3 Å². The molecule has 1 saturated carbocycles. The topological polar surface area (TPSA) is 78.9 Å². The minimum Gasteiger partial charge on any atom is -0.468 e. The summed E-state index contributed by atoms with van der Waals surface area (Å²) in [7, 11) is 2.47. The minimum absolute atomic E-state index is 0.0992. The number of carbonyl (C=O) groups is 3. The standard InChI is InChI=1S/C24H22O6/c1-28-22(26)24(23(27)29-2)14-17-13-18(15-9-5-3-6-10-15)30-21(25)19(17)20(24)16-11-7-4-8-12-16/h3-13,17,19-20H,14H2,1-2H3/t17-,19-,20?/m1/s1. The molecule has 0 N–H and O–H groups in total. The van der Waals surface area contributed by atoms with Crippen LogP contribution in [0.15, 0.2) is 66.7 Å². The molecule has 0 spiro atoms. The summed E-state index contributed by atoms with van der Waals surface area (Å²) in [5.41, 5.74) is -0.189. The molecule has 0 radical (unpaired) electrons. The monoisotopic (exact) mass is 406 g/mol. The molecule has 2 aromatic carbocycles. The normalized spacial score (nSPS) is 24.3. The Hall–Kier alpha value is -3.41. The van der Waals surface area contributed by atoms with Crippen molar-refractivity contribution in [2.45, 2.75) is 12.3 Å². The predicted molar refractivity (Wildman–Crippen MR) is 108 cm³/mol.